The van der Waals surface area contributed by atoms with E-state index in [0.717, 1.165) is 56.0 Å². The fourth-order valence-corrected chi connectivity index (χ4v) is 4.34. The van der Waals surface area contributed by atoms with Crippen molar-refractivity contribution in [1.29, 1.82) is 5.26 Å². The molecular weight excluding hydrogens is 364 g/mol. The van der Waals surface area contributed by atoms with Gasteiger partial charge in [-0.1, -0.05) is 12.1 Å². The molecule has 0 bridgehead atoms. The van der Waals surface area contributed by atoms with E-state index in [4.69, 9.17) is 15.2 Å². The molecule has 2 aliphatic rings. The van der Waals surface area contributed by atoms with Crippen molar-refractivity contribution in [2.75, 3.05) is 43.5 Å². The molecule has 2 saturated heterocycles. The number of rotatable bonds is 3. The predicted octanol–water partition coefficient (Wildman–Crippen LogP) is 3.71. The van der Waals surface area contributed by atoms with Gasteiger partial charge in [0.2, 0.25) is 0 Å². The highest BCUT2D eigenvalue weighted by Gasteiger charge is 2.32. The van der Waals surface area contributed by atoms with Crippen molar-refractivity contribution in [3.05, 3.63) is 41.5 Å². The zero-order valence-corrected chi connectivity index (χ0v) is 17.1. The Kier molecular flexibility index (Phi) is 5.44. The van der Waals surface area contributed by atoms with Crippen LogP contribution in [0.3, 0.4) is 0 Å². The van der Waals surface area contributed by atoms with Gasteiger partial charge >= 0.3 is 0 Å². The minimum absolute atomic E-state index is 0.201. The van der Waals surface area contributed by atoms with E-state index in [1.165, 1.54) is 5.69 Å². The highest BCUT2D eigenvalue weighted by atomic mass is 16.5. The number of nitriles is 1. The standard InChI is InChI=1S/C23H28N4O2/c1-23(2)14-17(7-10-29-23)19-13-21(26-22(25)20(19)15-24)16-3-5-18(6-4-16)27-8-11-28-12-9-27/h3-6,13,17H,7-12,14H2,1-2H3,(H2,25,26)/t17-/m1/s1. The molecule has 0 unspecified atom stereocenters. The van der Waals surface area contributed by atoms with Crippen LogP contribution in [0.4, 0.5) is 11.5 Å². The molecule has 2 fully saturated rings. The van der Waals surface area contributed by atoms with Crippen LogP contribution in [0.25, 0.3) is 11.3 Å². The number of hydrogen-bond donors (Lipinski definition) is 1. The van der Waals surface area contributed by atoms with Crippen molar-refractivity contribution in [3.8, 4) is 17.3 Å². The van der Waals surface area contributed by atoms with Gasteiger partial charge in [-0.3, -0.25) is 0 Å². The molecule has 4 rings (SSSR count). The van der Waals surface area contributed by atoms with Gasteiger partial charge in [0.05, 0.1) is 30.1 Å². The highest BCUT2D eigenvalue weighted by Crippen LogP contribution is 2.39. The predicted molar refractivity (Wildman–Crippen MR) is 114 cm³/mol. The molecular formula is C23H28N4O2. The first kappa shape index (κ1) is 19.7. The largest absolute Gasteiger partial charge is 0.383 e. The maximum Gasteiger partial charge on any atom is 0.142 e. The molecule has 6 heteroatoms. The third-order valence-electron chi connectivity index (χ3n) is 5.87. The van der Waals surface area contributed by atoms with E-state index in [0.29, 0.717) is 18.0 Å². The molecule has 1 aromatic heterocycles. The summed E-state index contributed by atoms with van der Waals surface area (Å²) in [4.78, 5) is 6.86. The number of ether oxygens (including phenoxy) is 2. The summed E-state index contributed by atoms with van der Waals surface area (Å²) in [6, 6.07) is 12.7. The molecule has 0 aliphatic carbocycles. The zero-order valence-electron chi connectivity index (χ0n) is 17.1. The van der Waals surface area contributed by atoms with Crippen LogP contribution < -0.4 is 10.6 Å². The van der Waals surface area contributed by atoms with Gasteiger partial charge in [0, 0.05) is 30.9 Å². The summed E-state index contributed by atoms with van der Waals surface area (Å²) in [6.07, 6.45) is 1.75. The average Bonchev–Trinajstić information content (AvgIpc) is 2.73. The van der Waals surface area contributed by atoms with Gasteiger partial charge in [0.15, 0.2) is 0 Å². The second kappa shape index (κ2) is 8.02. The van der Waals surface area contributed by atoms with Crippen molar-refractivity contribution in [2.45, 2.75) is 38.2 Å². The SMILES string of the molecule is CC1(C)C[C@H](c2cc(-c3ccc(N4CCOCC4)cc3)nc(N)c2C#N)CCO1. The first-order valence-electron chi connectivity index (χ1n) is 10.2. The van der Waals surface area contributed by atoms with Crippen LogP contribution in [0.2, 0.25) is 0 Å². The monoisotopic (exact) mass is 392 g/mol. The minimum atomic E-state index is -0.201. The lowest BCUT2D eigenvalue weighted by molar-refractivity contribution is -0.0593. The zero-order chi connectivity index (χ0) is 20.4. The van der Waals surface area contributed by atoms with Gasteiger partial charge in [-0.15, -0.1) is 0 Å². The highest BCUT2D eigenvalue weighted by molar-refractivity contribution is 5.68. The topological polar surface area (TPSA) is 84.4 Å². The number of aromatic nitrogens is 1. The van der Waals surface area contributed by atoms with Gasteiger partial charge in [-0.05, 0) is 56.4 Å². The Bertz CT molecular complexity index is 912. The van der Waals surface area contributed by atoms with E-state index in [9.17, 15) is 5.26 Å². The summed E-state index contributed by atoms with van der Waals surface area (Å²) >= 11 is 0. The summed E-state index contributed by atoms with van der Waals surface area (Å²) < 4.78 is 11.3. The van der Waals surface area contributed by atoms with Crippen molar-refractivity contribution in [3.63, 3.8) is 0 Å². The number of benzene rings is 1. The Morgan fingerprint density at radius 1 is 1.17 bits per heavy atom. The number of nitrogens with two attached hydrogens (primary N) is 1. The Hall–Kier alpha value is -2.62. The molecule has 1 atom stereocenters. The molecule has 3 heterocycles. The number of nitrogens with zero attached hydrogens (tertiary/aromatic N) is 3. The molecule has 152 valence electrons. The molecule has 2 aliphatic heterocycles. The smallest absolute Gasteiger partial charge is 0.142 e. The van der Waals surface area contributed by atoms with Gasteiger partial charge in [0.25, 0.3) is 0 Å². The minimum Gasteiger partial charge on any atom is -0.383 e. The molecule has 0 saturated carbocycles. The lowest BCUT2D eigenvalue weighted by Gasteiger charge is -2.36. The Labute approximate surface area is 172 Å². The summed E-state index contributed by atoms with van der Waals surface area (Å²) in [6.45, 7) is 8.23. The van der Waals surface area contributed by atoms with E-state index < -0.39 is 0 Å². The van der Waals surface area contributed by atoms with Gasteiger partial charge in [-0.2, -0.15) is 5.26 Å². The van der Waals surface area contributed by atoms with Gasteiger partial charge in [-0.25, -0.2) is 4.98 Å². The van der Waals surface area contributed by atoms with Crippen molar-refractivity contribution in [2.24, 2.45) is 0 Å². The van der Waals surface area contributed by atoms with Crippen LogP contribution in [0, 0.1) is 11.3 Å². The number of pyridine rings is 1. The number of nitrogen functional groups attached to an aromatic ring is 1. The van der Waals surface area contributed by atoms with Crippen LogP contribution in [0.1, 0.15) is 43.7 Å². The quantitative estimate of drug-likeness (QED) is 0.857. The first-order valence-corrected chi connectivity index (χ1v) is 10.2. The third kappa shape index (κ3) is 4.21. The van der Waals surface area contributed by atoms with Crippen molar-refractivity contribution < 1.29 is 9.47 Å². The fraction of sp³-hybridized carbons (Fsp3) is 0.478. The average molecular weight is 393 g/mol. The normalized spacial score (nSPS) is 21.6. The van der Waals surface area contributed by atoms with Crippen molar-refractivity contribution in [1.82, 2.24) is 4.98 Å². The Morgan fingerprint density at radius 2 is 1.90 bits per heavy atom. The first-order chi connectivity index (χ1) is 14.0. The molecule has 2 N–H and O–H groups in total. The molecule has 0 radical (unpaired) electrons. The summed E-state index contributed by atoms with van der Waals surface area (Å²) in [5, 5.41) is 9.69. The van der Waals surface area contributed by atoms with E-state index >= 15 is 0 Å². The lowest BCUT2D eigenvalue weighted by atomic mass is 9.81. The molecule has 0 spiro atoms. The van der Waals surface area contributed by atoms with Crippen LogP contribution in [-0.2, 0) is 9.47 Å². The molecule has 29 heavy (non-hydrogen) atoms. The Morgan fingerprint density at radius 3 is 2.55 bits per heavy atom. The van der Waals surface area contributed by atoms with Crippen molar-refractivity contribution >= 4 is 11.5 Å². The maximum absolute atomic E-state index is 9.69. The second-order valence-electron chi connectivity index (χ2n) is 8.41. The van der Waals surface area contributed by atoms with Crippen LogP contribution in [0.15, 0.2) is 30.3 Å². The van der Waals surface area contributed by atoms with E-state index in [1.807, 2.05) is 6.07 Å². The number of morpholine rings is 1. The number of anilines is 2. The van der Waals surface area contributed by atoms with Gasteiger partial charge in [0.1, 0.15) is 11.9 Å². The van der Waals surface area contributed by atoms with Crippen LogP contribution >= 0.6 is 0 Å². The van der Waals surface area contributed by atoms with E-state index in [1.54, 1.807) is 0 Å². The fourth-order valence-electron chi connectivity index (χ4n) is 4.34. The number of hydrogen-bond acceptors (Lipinski definition) is 6. The second-order valence-corrected chi connectivity index (χ2v) is 8.41. The van der Waals surface area contributed by atoms with E-state index in [-0.39, 0.29) is 11.5 Å². The summed E-state index contributed by atoms with van der Waals surface area (Å²) in [7, 11) is 0. The van der Waals surface area contributed by atoms with Crippen LogP contribution in [-0.4, -0.2) is 43.5 Å². The summed E-state index contributed by atoms with van der Waals surface area (Å²) in [5.41, 5.74) is 10.5. The third-order valence-corrected chi connectivity index (χ3v) is 5.87. The molecule has 2 aromatic rings. The van der Waals surface area contributed by atoms with Gasteiger partial charge < -0.3 is 20.1 Å². The van der Waals surface area contributed by atoms with Crippen LogP contribution in [0.5, 0.6) is 0 Å². The summed E-state index contributed by atoms with van der Waals surface area (Å²) in [5.74, 6) is 0.548. The Balaban J connectivity index is 1.66. The maximum atomic E-state index is 9.69. The van der Waals surface area contributed by atoms with E-state index in [2.05, 4.69) is 54.1 Å². The molecule has 6 nitrogen and oxygen atoms in total. The molecule has 1 aromatic carbocycles. The molecule has 0 amide bonds. The lowest BCUT2D eigenvalue weighted by Crippen LogP contribution is -2.36.